The first kappa shape index (κ1) is 12.2. The summed E-state index contributed by atoms with van der Waals surface area (Å²) < 4.78 is 52.6. The molecule has 1 aromatic heterocycles. The highest BCUT2D eigenvalue weighted by Crippen LogP contribution is 2.23. The molecule has 86 valence electrons. The van der Waals surface area contributed by atoms with E-state index < -0.39 is 25.0 Å². The van der Waals surface area contributed by atoms with Gasteiger partial charge in [0.25, 0.3) is 0 Å². The zero-order valence-electron chi connectivity index (χ0n) is 7.70. The summed E-state index contributed by atoms with van der Waals surface area (Å²) >= 11 is 0. The molecule has 0 saturated heterocycles. The Morgan fingerprint density at radius 3 is 2.75 bits per heavy atom. The maximum Gasteiger partial charge on any atom is 0.340 e. The van der Waals surface area contributed by atoms with Crippen molar-refractivity contribution in [2.75, 3.05) is 6.61 Å². The molecule has 1 aromatic rings. The van der Waals surface area contributed by atoms with Crippen LogP contribution in [0, 0.1) is 11.3 Å². The molecule has 0 aliphatic heterocycles. The van der Waals surface area contributed by atoms with E-state index in [-0.39, 0.29) is 5.69 Å². The van der Waals surface area contributed by atoms with Crippen LogP contribution in [-0.2, 0) is 0 Å². The Morgan fingerprint density at radius 1 is 1.50 bits per heavy atom. The first-order chi connectivity index (χ1) is 7.45. The number of halogens is 4. The van der Waals surface area contributed by atoms with Crippen molar-refractivity contribution in [1.82, 2.24) is 9.97 Å². The van der Waals surface area contributed by atoms with Crippen molar-refractivity contribution >= 4 is 0 Å². The molecule has 0 N–H and O–H groups in total. The second kappa shape index (κ2) is 4.74. The highest BCUT2D eigenvalue weighted by molar-refractivity contribution is 5.19. The van der Waals surface area contributed by atoms with Crippen molar-refractivity contribution < 1.29 is 22.3 Å². The van der Waals surface area contributed by atoms with E-state index >= 15 is 0 Å². The van der Waals surface area contributed by atoms with Crippen LogP contribution in [0.3, 0.4) is 0 Å². The Hall–Kier alpha value is -1.91. The molecular weight excluding hydrogens is 230 g/mol. The predicted octanol–water partition coefficient (Wildman–Crippen LogP) is 1.63. The summed E-state index contributed by atoms with van der Waals surface area (Å²) in [6.07, 6.45) is -2.73. The summed E-state index contributed by atoms with van der Waals surface area (Å²) in [5, 5.41) is 8.41. The number of nitriles is 1. The van der Waals surface area contributed by atoms with Gasteiger partial charge in [-0.1, -0.05) is 0 Å². The number of hydrogen-bond acceptors (Lipinski definition) is 4. The zero-order chi connectivity index (χ0) is 12.2. The first-order valence-electron chi connectivity index (χ1n) is 3.97. The van der Waals surface area contributed by atoms with Crippen LogP contribution in [0.25, 0.3) is 0 Å². The van der Waals surface area contributed by atoms with E-state index in [0.717, 1.165) is 6.20 Å². The molecule has 16 heavy (non-hydrogen) atoms. The van der Waals surface area contributed by atoms with Crippen molar-refractivity contribution in [2.24, 2.45) is 0 Å². The molecule has 0 spiro atoms. The summed E-state index contributed by atoms with van der Waals surface area (Å²) in [6, 6.07) is 2.30. The number of aromatic nitrogens is 2. The van der Waals surface area contributed by atoms with Gasteiger partial charge in [0.15, 0.2) is 6.61 Å². The number of ether oxygens (including phenoxy) is 1. The van der Waals surface area contributed by atoms with Crippen LogP contribution in [0.2, 0.25) is 0 Å². The molecule has 8 heteroatoms. The van der Waals surface area contributed by atoms with Crippen LogP contribution in [-0.4, -0.2) is 28.9 Å². The van der Waals surface area contributed by atoms with E-state index in [1.807, 2.05) is 0 Å². The van der Waals surface area contributed by atoms with Crippen LogP contribution in [0.5, 0.6) is 6.01 Å². The molecule has 0 radical (unpaired) electrons. The number of hydrogen-bond donors (Lipinski definition) is 0. The Bertz CT molecular complexity index is 405. The largest absolute Gasteiger partial charge is 0.457 e. The van der Waals surface area contributed by atoms with Gasteiger partial charge < -0.3 is 4.74 Å². The molecule has 0 fully saturated rings. The van der Waals surface area contributed by atoms with E-state index in [1.165, 1.54) is 6.07 Å². The third kappa shape index (κ3) is 3.05. The number of nitrogens with zero attached hydrogens (tertiary/aromatic N) is 3. The van der Waals surface area contributed by atoms with Crippen LogP contribution in [0.15, 0.2) is 12.3 Å². The highest BCUT2D eigenvalue weighted by Gasteiger charge is 2.42. The average Bonchev–Trinajstić information content (AvgIpc) is 2.26. The first-order valence-corrected chi connectivity index (χ1v) is 3.97. The Morgan fingerprint density at radius 2 is 2.19 bits per heavy atom. The van der Waals surface area contributed by atoms with Gasteiger partial charge in [-0.3, -0.25) is 0 Å². The Kier molecular flexibility index (Phi) is 3.60. The Labute approximate surface area is 87.5 Å². The minimum atomic E-state index is -4.27. The van der Waals surface area contributed by atoms with Crippen LogP contribution in [0.4, 0.5) is 17.6 Å². The SMILES string of the molecule is N#Cc1ccnc(OCC(F)(F)C(F)F)n1. The molecule has 4 nitrogen and oxygen atoms in total. The summed E-state index contributed by atoms with van der Waals surface area (Å²) in [4.78, 5) is 6.77. The number of rotatable bonds is 4. The fraction of sp³-hybridized carbons (Fsp3) is 0.375. The van der Waals surface area contributed by atoms with Crippen molar-refractivity contribution in [3.8, 4) is 12.1 Å². The lowest BCUT2D eigenvalue weighted by molar-refractivity contribution is -0.149. The topological polar surface area (TPSA) is 58.8 Å². The van der Waals surface area contributed by atoms with Gasteiger partial charge in [-0.15, -0.1) is 0 Å². The molecule has 0 atom stereocenters. The van der Waals surface area contributed by atoms with Crippen LogP contribution < -0.4 is 4.74 Å². The van der Waals surface area contributed by atoms with Crippen molar-refractivity contribution in [3.05, 3.63) is 18.0 Å². The summed E-state index contributed by atoms with van der Waals surface area (Å²) in [5.41, 5.74) is -0.106. The third-order valence-electron chi connectivity index (χ3n) is 1.46. The molecular formula is C8H5F4N3O. The van der Waals surface area contributed by atoms with Crippen LogP contribution in [0.1, 0.15) is 5.69 Å². The van der Waals surface area contributed by atoms with E-state index in [9.17, 15) is 17.6 Å². The van der Waals surface area contributed by atoms with E-state index in [2.05, 4.69) is 14.7 Å². The normalized spacial score (nSPS) is 11.2. The molecule has 0 aliphatic rings. The average molecular weight is 235 g/mol. The maximum absolute atomic E-state index is 12.4. The lowest BCUT2D eigenvalue weighted by Gasteiger charge is -2.14. The molecule has 1 heterocycles. The smallest absolute Gasteiger partial charge is 0.340 e. The lowest BCUT2D eigenvalue weighted by Crippen LogP contribution is -2.34. The van der Waals surface area contributed by atoms with Crippen molar-refractivity contribution in [3.63, 3.8) is 0 Å². The van der Waals surface area contributed by atoms with E-state index in [4.69, 9.17) is 5.26 Å². The van der Waals surface area contributed by atoms with Gasteiger partial charge in [0.2, 0.25) is 0 Å². The van der Waals surface area contributed by atoms with Gasteiger partial charge in [-0.05, 0) is 6.07 Å². The molecule has 0 aromatic carbocycles. The third-order valence-corrected chi connectivity index (χ3v) is 1.46. The van der Waals surface area contributed by atoms with Gasteiger partial charge in [0.1, 0.15) is 11.8 Å². The molecule has 0 aliphatic carbocycles. The van der Waals surface area contributed by atoms with Crippen molar-refractivity contribution in [1.29, 1.82) is 5.26 Å². The maximum atomic E-state index is 12.4. The van der Waals surface area contributed by atoms with Crippen LogP contribution >= 0.6 is 0 Å². The van der Waals surface area contributed by atoms with Gasteiger partial charge in [0, 0.05) is 6.20 Å². The minimum absolute atomic E-state index is 0.106. The second-order valence-corrected chi connectivity index (χ2v) is 2.69. The van der Waals surface area contributed by atoms with E-state index in [0.29, 0.717) is 0 Å². The number of alkyl halides is 4. The van der Waals surface area contributed by atoms with Gasteiger partial charge >= 0.3 is 18.4 Å². The monoisotopic (exact) mass is 235 g/mol. The molecule has 0 unspecified atom stereocenters. The minimum Gasteiger partial charge on any atom is -0.457 e. The molecule has 1 rings (SSSR count). The zero-order valence-corrected chi connectivity index (χ0v) is 7.70. The second-order valence-electron chi connectivity index (χ2n) is 2.69. The van der Waals surface area contributed by atoms with E-state index in [1.54, 1.807) is 6.07 Å². The molecule has 0 amide bonds. The van der Waals surface area contributed by atoms with Crippen molar-refractivity contribution in [2.45, 2.75) is 12.3 Å². The fourth-order valence-electron chi connectivity index (χ4n) is 0.696. The van der Waals surface area contributed by atoms with Gasteiger partial charge in [-0.25, -0.2) is 13.8 Å². The van der Waals surface area contributed by atoms with Gasteiger partial charge in [-0.2, -0.15) is 19.0 Å². The lowest BCUT2D eigenvalue weighted by atomic mass is 10.4. The van der Waals surface area contributed by atoms with Gasteiger partial charge in [0.05, 0.1) is 0 Å². The summed E-state index contributed by atoms with van der Waals surface area (Å²) in [5.74, 6) is -4.27. The summed E-state index contributed by atoms with van der Waals surface area (Å²) in [7, 11) is 0. The quantitative estimate of drug-likeness (QED) is 0.744. The standard InChI is InChI=1S/C8H5F4N3O/c9-6(10)8(11,12)4-16-7-14-2-1-5(3-13)15-7/h1-2,6H,4H2. The highest BCUT2D eigenvalue weighted by atomic mass is 19.3. The molecule has 0 saturated carbocycles. The fourth-order valence-corrected chi connectivity index (χ4v) is 0.696. The summed E-state index contributed by atoms with van der Waals surface area (Å²) in [6.45, 7) is -1.54. The molecule has 0 bridgehead atoms. The Balaban J connectivity index is 2.65. The predicted molar refractivity (Wildman–Crippen MR) is 43.2 cm³/mol.